The summed E-state index contributed by atoms with van der Waals surface area (Å²) < 4.78 is 27.5. The van der Waals surface area contributed by atoms with Crippen molar-refractivity contribution in [2.45, 2.75) is 11.1 Å². The summed E-state index contributed by atoms with van der Waals surface area (Å²) >= 11 is 15.8. The summed E-state index contributed by atoms with van der Waals surface area (Å²) in [6.07, 6.45) is 0. The lowest BCUT2D eigenvalue weighted by molar-refractivity contribution is 0.603. The summed E-state index contributed by atoms with van der Waals surface area (Å²) in [5, 5.41) is 0.665. The largest absolute Gasteiger partial charge is 0.277 e. The number of hydrogen-bond acceptors (Lipinski definition) is 4. The van der Waals surface area contributed by atoms with Crippen LogP contribution in [0.5, 0.6) is 0 Å². The van der Waals surface area contributed by atoms with Crippen molar-refractivity contribution < 1.29 is 8.42 Å². The lowest BCUT2D eigenvalue weighted by atomic mass is 10.3. The molecule has 19 heavy (non-hydrogen) atoms. The highest BCUT2D eigenvalue weighted by atomic mass is 79.9. The van der Waals surface area contributed by atoms with Gasteiger partial charge in [0.2, 0.25) is 0 Å². The monoisotopic (exact) mass is 400 g/mol. The van der Waals surface area contributed by atoms with Crippen LogP contribution in [0.2, 0.25) is 10.2 Å². The lowest BCUT2D eigenvalue weighted by Crippen LogP contribution is -2.12. The molecular weight excluding hydrogens is 395 g/mol. The van der Waals surface area contributed by atoms with Crippen molar-refractivity contribution in [2.24, 2.45) is 0 Å². The summed E-state index contributed by atoms with van der Waals surface area (Å²) in [7, 11) is -3.68. The quantitative estimate of drug-likeness (QED) is 0.779. The molecule has 0 fully saturated rings. The summed E-state index contributed by atoms with van der Waals surface area (Å²) in [5.41, 5.74) is 0.878. The Morgan fingerprint density at radius 3 is 2.58 bits per heavy atom. The molecule has 0 aliphatic carbocycles. The average molecular weight is 402 g/mol. The third kappa shape index (κ3) is 3.41. The zero-order chi connectivity index (χ0) is 14.2. The van der Waals surface area contributed by atoms with Crippen LogP contribution in [0.25, 0.3) is 0 Å². The number of hydrogen-bond donors (Lipinski definition) is 1. The second-order valence-electron chi connectivity index (χ2n) is 3.56. The lowest BCUT2D eigenvalue weighted by Gasteiger charge is -2.08. The van der Waals surface area contributed by atoms with Crippen LogP contribution < -0.4 is 4.72 Å². The van der Waals surface area contributed by atoms with Crippen molar-refractivity contribution >= 4 is 66.2 Å². The van der Waals surface area contributed by atoms with Gasteiger partial charge in [0.15, 0.2) is 0 Å². The minimum atomic E-state index is -3.68. The van der Waals surface area contributed by atoms with E-state index in [0.717, 1.165) is 11.3 Å². The average Bonchev–Trinajstić information content (AvgIpc) is 2.64. The van der Waals surface area contributed by atoms with Gasteiger partial charge in [-0.2, -0.15) is 0 Å². The molecule has 0 saturated heterocycles. The number of anilines is 1. The molecule has 2 aromatic rings. The number of nitrogens with one attached hydrogen (secondary N) is 1. The van der Waals surface area contributed by atoms with Gasteiger partial charge in [0, 0.05) is 0 Å². The molecule has 0 bridgehead atoms. The maximum atomic E-state index is 12.2. The molecule has 0 saturated carbocycles. The van der Waals surface area contributed by atoms with Crippen molar-refractivity contribution in [2.75, 3.05) is 4.72 Å². The van der Waals surface area contributed by atoms with E-state index in [0.29, 0.717) is 25.3 Å². The number of aryl methyl sites for hydroxylation is 1. The molecule has 2 aromatic heterocycles. The highest BCUT2D eigenvalue weighted by molar-refractivity contribution is 9.11. The molecule has 0 aliphatic heterocycles. The molecule has 0 aromatic carbocycles. The molecule has 0 spiro atoms. The van der Waals surface area contributed by atoms with Crippen molar-refractivity contribution in [1.82, 2.24) is 4.98 Å². The van der Waals surface area contributed by atoms with Gasteiger partial charge in [-0.25, -0.2) is 13.4 Å². The highest BCUT2D eigenvalue weighted by Crippen LogP contribution is 2.35. The third-order valence-corrected chi connectivity index (χ3v) is 6.71. The Bertz CT molecular complexity index is 712. The summed E-state index contributed by atoms with van der Waals surface area (Å²) in [5.74, 6) is 0. The van der Waals surface area contributed by atoms with E-state index in [9.17, 15) is 8.42 Å². The second kappa shape index (κ2) is 5.57. The third-order valence-electron chi connectivity index (χ3n) is 2.18. The molecule has 0 unspecified atom stereocenters. The van der Waals surface area contributed by atoms with Crippen molar-refractivity contribution in [1.29, 1.82) is 0 Å². The van der Waals surface area contributed by atoms with Gasteiger partial charge < -0.3 is 0 Å². The first-order valence-corrected chi connectivity index (χ1v) is 8.75. The molecule has 0 atom stereocenters. The van der Waals surface area contributed by atoms with Crippen LogP contribution in [0.4, 0.5) is 5.69 Å². The number of aromatic nitrogens is 1. The van der Waals surface area contributed by atoms with E-state index in [1.165, 1.54) is 12.1 Å². The zero-order valence-electron chi connectivity index (χ0n) is 9.45. The Labute approximate surface area is 132 Å². The Hall–Kier alpha value is -0.340. The summed E-state index contributed by atoms with van der Waals surface area (Å²) in [6, 6.07) is 4.47. The van der Waals surface area contributed by atoms with Crippen LogP contribution in [-0.2, 0) is 10.0 Å². The first-order chi connectivity index (χ1) is 8.79. The van der Waals surface area contributed by atoms with Gasteiger partial charge in [-0.15, -0.1) is 11.3 Å². The van der Waals surface area contributed by atoms with Crippen LogP contribution >= 0.6 is 50.5 Å². The van der Waals surface area contributed by atoms with Gasteiger partial charge in [0.05, 0.1) is 20.2 Å². The fraction of sp³-hybridized carbons (Fsp3) is 0.100. The fourth-order valence-electron chi connectivity index (χ4n) is 1.29. The van der Waals surface area contributed by atoms with Crippen molar-refractivity contribution in [3.8, 4) is 0 Å². The molecule has 0 aliphatic rings. The molecule has 0 radical (unpaired) electrons. The topological polar surface area (TPSA) is 59.1 Å². The normalized spacial score (nSPS) is 11.6. The molecule has 2 heterocycles. The highest BCUT2D eigenvalue weighted by Gasteiger charge is 2.20. The van der Waals surface area contributed by atoms with Crippen LogP contribution in [-0.4, -0.2) is 13.4 Å². The van der Waals surface area contributed by atoms with Crippen LogP contribution in [0.1, 0.15) is 5.69 Å². The molecular formula is C10H7BrCl2N2O2S2. The van der Waals surface area contributed by atoms with E-state index in [4.69, 9.17) is 23.2 Å². The SMILES string of the molecule is Cc1nc(Cl)ccc1NS(=O)(=O)c1cc(Cl)c(Br)s1. The van der Waals surface area contributed by atoms with E-state index < -0.39 is 10.0 Å². The zero-order valence-corrected chi connectivity index (χ0v) is 14.2. The van der Waals surface area contributed by atoms with E-state index >= 15 is 0 Å². The van der Waals surface area contributed by atoms with Crippen LogP contribution in [0.3, 0.4) is 0 Å². The maximum absolute atomic E-state index is 12.2. The smallest absolute Gasteiger partial charge is 0.271 e. The van der Waals surface area contributed by atoms with E-state index in [1.54, 1.807) is 13.0 Å². The van der Waals surface area contributed by atoms with E-state index in [1.807, 2.05) is 0 Å². The second-order valence-corrected chi connectivity index (χ2v) is 8.63. The molecule has 0 amide bonds. The predicted molar refractivity (Wildman–Crippen MR) is 81.8 cm³/mol. The molecule has 4 nitrogen and oxygen atoms in total. The predicted octanol–water partition coefficient (Wildman–Crippen LogP) is 4.32. The molecule has 102 valence electrons. The maximum Gasteiger partial charge on any atom is 0.271 e. The Morgan fingerprint density at radius 2 is 2.05 bits per heavy atom. The first kappa shape index (κ1) is 15.1. The minimum Gasteiger partial charge on any atom is -0.277 e. The van der Waals surface area contributed by atoms with Crippen molar-refractivity contribution in [3.05, 3.63) is 37.9 Å². The van der Waals surface area contributed by atoms with Gasteiger partial charge in [0.1, 0.15) is 9.36 Å². The molecule has 1 N–H and O–H groups in total. The Balaban J connectivity index is 2.36. The van der Waals surface area contributed by atoms with Gasteiger partial charge >= 0.3 is 0 Å². The minimum absolute atomic E-state index is 0.124. The van der Waals surface area contributed by atoms with Crippen LogP contribution in [0, 0.1) is 6.92 Å². The van der Waals surface area contributed by atoms with Crippen LogP contribution in [0.15, 0.2) is 26.2 Å². The van der Waals surface area contributed by atoms with E-state index in [2.05, 4.69) is 25.6 Å². The standard InChI is InChI=1S/C10H7BrCl2N2O2S2/c1-5-7(2-3-8(13)14-5)15-19(16,17)9-4-6(12)10(11)18-9/h2-4,15H,1H3. The summed E-state index contributed by atoms with van der Waals surface area (Å²) in [6.45, 7) is 1.67. The molecule has 2 rings (SSSR count). The van der Waals surface area contributed by atoms with Gasteiger partial charge in [-0.05, 0) is 41.1 Å². The van der Waals surface area contributed by atoms with Gasteiger partial charge in [-0.1, -0.05) is 23.2 Å². The number of rotatable bonds is 3. The Morgan fingerprint density at radius 1 is 1.37 bits per heavy atom. The van der Waals surface area contributed by atoms with Gasteiger partial charge in [0.25, 0.3) is 10.0 Å². The number of halogens is 3. The van der Waals surface area contributed by atoms with Gasteiger partial charge in [-0.3, -0.25) is 4.72 Å². The Kier molecular flexibility index (Phi) is 4.42. The number of pyridine rings is 1. The van der Waals surface area contributed by atoms with E-state index in [-0.39, 0.29) is 4.21 Å². The fourth-order valence-corrected chi connectivity index (χ4v) is 5.00. The number of nitrogens with zero attached hydrogens (tertiary/aromatic N) is 1. The first-order valence-electron chi connectivity index (χ1n) is 4.90. The summed E-state index contributed by atoms with van der Waals surface area (Å²) in [4.78, 5) is 3.98. The molecule has 9 heteroatoms. The van der Waals surface area contributed by atoms with Crippen molar-refractivity contribution in [3.63, 3.8) is 0 Å². The number of thiophene rings is 1. The number of sulfonamides is 1.